The molecular formula is C18H21N3O. The van der Waals surface area contributed by atoms with E-state index in [1.807, 2.05) is 6.20 Å². The zero-order chi connectivity index (χ0) is 14.9. The molecule has 1 aromatic heterocycles. The summed E-state index contributed by atoms with van der Waals surface area (Å²) in [4.78, 5) is 11.7. The molecule has 2 aliphatic heterocycles. The first-order valence-corrected chi connectivity index (χ1v) is 8.07. The highest BCUT2D eigenvalue weighted by Crippen LogP contribution is 2.33. The van der Waals surface area contributed by atoms with Gasteiger partial charge in [-0.25, -0.2) is 9.97 Å². The molecule has 0 aliphatic carbocycles. The van der Waals surface area contributed by atoms with Gasteiger partial charge in [0.25, 0.3) is 0 Å². The van der Waals surface area contributed by atoms with Gasteiger partial charge in [-0.05, 0) is 18.4 Å². The molecule has 0 bridgehead atoms. The summed E-state index contributed by atoms with van der Waals surface area (Å²) in [6, 6.07) is 11.2. The van der Waals surface area contributed by atoms with Gasteiger partial charge in [0.15, 0.2) is 0 Å². The quantitative estimate of drug-likeness (QED) is 0.871. The molecule has 0 N–H and O–H groups in total. The molecule has 3 heterocycles. The van der Waals surface area contributed by atoms with E-state index in [0.29, 0.717) is 25.2 Å². The van der Waals surface area contributed by atoms with Crippen molar-refractivity contribution in [2.45, 2.75) is 44.9 Å². The molecule has 114 valence electrons. The normalized spacial score (nSPS) is 21.9. The van der Waals surface area contributed by atoms with E-state index in [-0.39, 0.29) is 0 Å². The lowest BCUT2D eigenvalue weighted by atomic mass is 9.92. The lowest BCUT2D eigenvalue weighted by molar-refractivity contribution is 0.133. The standard InChI is InChI=1S/C18H21N3O/c1-13(14-6-3-2-4-7-14)17-8-5-9-21(17)18-19-10-15-11-22-12-16(15)20-18/h2-4,6-7,10,13,17H,5,8-9,11-12H2,1H3. The van der Waals surface area contributed by atoms with Crippen molar-refractivity contribution in [1.29, 1.82) is 0 Å². The van der Waals surface area contributed by atoms with Crippen molar-refractivity contribution in [3.8, 4) is 0 Å². The fraction of sp³-hybridized carbons (Fsp3) is 0.444. The number of hydrogen-bond donors (Lipinski definition) is 0. The third kappa shape index (κ3) is 2.37. The minimum absolute atomic E-state index is 0.475. The maximum Gasteiger partial charge on any atom is 0.225 e. The molecule has 2 atom stereocenters. The summed E-state index contributed by atoms with van der Waals surface area (Å²) in [6.45, 7) is 4.63. The van der Waals surface area contributed by atoms with Crippen molar-refractivity contribution in [1.82, 2.24) is 9.97 Å². The number of hydrogen-bond acceptors (Lipinski definition) is 4. The number of benzene rings is 1. The van der Waals surface area contributed by atoms with Crippen molar-refractivity contribution in [3.05, 3.63) is 53.3 Å². The smallest absolute Gasteiger partial charge is 0.225 e. The molecule has 1 saturated heterocycles. The molecule has 0 radical (unpaired) electrons. The van der Waals surface area contributed by atoms with E-state index in [1.54, 1.807) is 0 Å². The van der Waals surface area contributed by atoms with Crippen LogP contribution in [0.3, 0.4) is 0 Å². The summed E-state index contributed by atoms with van der Waals surface area (Å²) in [6.07, 6.45) is 4.35. The topological polar surface area (TPSA) is 38.2 Å². The number of rotatable bonds is 3. The van der Waals surface area contributed by atoms with Gasteiger partial charge in [-0.2, -0.15) is 0 Å². The van der Waals surface area contributed by atoms with Gasteiger partial charge in [0.1, 0.15) is 0 Å². The van der Waals surface area contributed by atoms with E-state index in [9.17, 15) is 0 Å². The Bertz CT molecular complexity index is 659. The molecule has 2 aromatic rings. The second kappa shape index (κ2) is 5.69. The first-order chi connectivity index (χ1) is 10.8. The van der Waals surface area contributed by atoms with Crippen LogP contribution in [0.5, 0.6) is 0 Å². The van der Waals surface area contributed by atoms with Gasteiger partial charge >= 0.3 is 0 Å². The van der Waals surface area contributed by atoms with Crippen LogP contribution in [-0.4, -0.2) is 22.6 Å². The number of fused-ring (bicyclic) bond motifs is 1. The highest BCUT2D eigenvalue weighted by Gasteiger charge is 2.32. The van der Waals surface area contributed by atoms with Crippen molar-refractivity contribution in [2.24, 2.45) is 0 Å². The molecule has 22 heavy (non-hydrogen) atoms. The van der Waals surface area contributed by atoms with Crippen LogP contribution in [0.15, 0.2) is 36.5 Å². The molecule has 4 rings (SSSR count). The van der Waals surface area contributed by atoms with E-state index < -0.39 is 0 Å². The molecule has 1 fully saturated rings. The molecule has 2 unspecified atom stereocenters. The SMILES string of the molecule is CC(c1ccccc1)C1CCCN1c1ncc2c(n1)COC2. The summed E-state index contributed by atoms with van der Waals surface area (Å²) in [5.41, 5.74) is 3.59. The van der Waals surface area contributed by atoms with Crippen LogP contribution in [0.1, 0.15) is 42.5 Å². The van der Waals surface area contributed by atoms with Gasteiger partial charge in [-0.15, -0.1) is 0 Å². The molecule has 4 nitrogen and oxygen atoms in total. The predicted molar refractivity (Wildman–Crippen MR) is 85.8 cm³/mol. The zero-order valence-corrected chi connectivity index (χ0v) is 12.9. The van der Waals surface area contributed by atoms with E-state index in [4.69, 9.17) is 9.72 Å². The Balaban J connectivity index is 1.61. The molecule has 0 saturated carbocycles. The van der Waals surface area contributed by atoms with Crippen LogP contribution in [0, 0.1) is 0 Å². The van der Waals surface area contributed by atoms with Gasteiger partial charge in [0, 0.05) is 30.3 Å². The van der Waals surface area contributed by atoms with Gasteiger partial charge in [-0.3, -0.25) is 0 Å². The Kier molecular flexibility index (Phi) is 3.54. The average molecular weight is 295 g/mol. The van der Waals surface area contributed by atoms with Gasteiger partial charge in [0.05, 0.1) is 18.9 Å². The van der Waals surface area contributed by atoms with Crippen LogP contribution >= 0.6 is 0 Å². The monoisotopic (exact) mass is 295 g/mol. The molecule has 2 aliphatic rings. The fourth-order valence-electron chi connectivity index (χ4n) is 3.61. The fourth-order valence-corrected chi connectivity index (χ4v) is 3.61. The number of ether oxygens (including phenoxy) is 1. The van der Waals surface area contributed by atoms with Crippen molar-refractivity contribution in [2.75, 3.05) is 11.4 Å². The van der Waals surface area contributed by atoms with E-state index in [2.05, 4.69) is 47.1 Å². The third-order valence-corrected chi connectivity index (χ3v) is 4.90. The number of nitrogens with zero attached hydrogens (tertiary/aromatic N) is 3. The maximum atomic E-state index is 5.46. The Hall–Kier alpha value is -1.94. The Labute approximate surface area is 131 Å². The van der Waals surface area contributed by atoms with Crippen molar-refractivity contribution in [3.63, 3.8) is 0 Å². The Morgan fingerprint density at radius 1 is 1.23 bits per heavy atom. The van der Waals surface area contributed by atoms with E-state index in [0.717, 1.165) is 23.8 Å². The zero-order valence-electron chi connectivity index (χ0n) is 12.9. The largest absolute Gasteiger partial charge is 0.370 e. The predicted octanol–water partition coefficient (Wildman–Crippen LogP) is 3.28. The molecular weight excluding hydrogens is 274 g/mol. The first kappa shape index (κ1) is 13.7. The molecule has 1 aromatic carbocycles. The highest BCUT2D eigenvalue weighted by atomic mass is 16.5. The minimum Gasteiger partial charge on any atom is -0.370 e. The van der Waals surface area contributed by atoms with Crippen LogP contribution in [-0.2, 0) is 18.0 Å². The summed E-state index contributed by atoms with van der Waals surface area (Å²) < 4.78 is 5.46. The molecule has 0 spiro atoms. The minimum atomic E-state index is 0.475. The summed E-state index contributed by atoms with van der Waals surface area (Å²) in [5.74, 6) is 1.35. The van der Waals surface area contributed by atoms with Gasteiger partial charge in [0.2, 0.25) is 5.95 Å². The van der Waals surface area contributed by atoms with Crippen LogP contribution < -0.4 is 4.90 Å². The Morgan fingerprint density at radius 2 is 2.09 bits per heavy atom. The molecule has 4 heteroatoms. The van der Waals surface area contributed by atoms with Crippen LogP contribution in [0.4, 0.5) is 5.95 Å². The van der Waals surface area contributed by atoms with Crippen LogP contribution in [0.2, 0.25) is 0 Å². The summed E-state index contributed by atoms with van der Waals surface area (Å²) >= 11 is 0. The maximum absolute atomic E-state index is 5.46. The highest BCUT2D eigenvalue weighted by molar-refractivity contribution is 5.39. The second-order valence-electron chi connectivity index (χ2n) is 6.24. The number of anilines is 1. The lowest BCUT2D eigenvalue weighted by Crippen LogP contribution is -2.35. The van der Waals surface area contributed by atoms with E-state index >= 15 is 0 Å². The number of aromatic nitrogens is 2. The second-order valence-corrected chi connectivity index (χ2v) is 6.24. The average Bonchev–Trinajstić information content (AvgIpc) is 3.23. The van der Waals surface area contributed by atoms with Gasteiger partial charge in [-0.1, -0.05) is 37.3 Å². The Morgan fingerprint density at radius 3 is 2.95 bits per heavy atom. The van der Waals surface area contributed by atoms with Crippen molar-refractivity contribution < 1.29 is 4.74 Å². The first-order valence-electron chi connectivity index (χ1n) is 8.07. The summed E-state index contributed by atoms with van der Waals surface area (Å²) in [7, 11) is 0. The lowest BCUT2D eigenvalue weighted by Gasteiger charge is -2.30. The summed E-state index contributed by atoms with van der Waals surface area (Å²) in [5, 5.41) is 0. The van der Waals surface area contributed by atoms with Crippen LogP contribution in [0.25, 0.3) is 0 Å². The third-order valence-electron chi connectivity index (χ3n) is 4.90. The molecule has 0 amide bonds. The van der Waals surface area contributed by atoms with E-state index in [1.165, 1.54) is 18.4 Å². The van der Waals surface area contributed by atoms with Gasteiger partial charge < -0.3 is 9.64 Å². The van der Waals surface area contributed by atoms with Crippen molar-refractivity contribution >= 4 is 5.95 Å².